The highest BCUT2D eigenvalue weighted by Crippen LogP contribution is 2.29. The van der Waals surface area contributed by atoms with Crippen molar-refractivity contribution in [1.29, 1.82) is 0 Å². The molecular weight excluding hydrogens is 395 g/mol. The zero-order valence-corrected chi connectivity index (χ0v) is 17.3. The summed E-state index contributed by atoms with van der Waals surface area (Å²) in [5, 5.41) is 5.04. The lowest BCUT2D eigenvalue weighted by Crippen LogP contribution is -2.38. The van der Waals surface area contributed by atoms with E-state index in [1.807, 2.05) is 31.2 Å². The van der Waals surface area contributed by atoms with Gasteiger partial charge in [-0.2, -0.15) is 4.98 Å². The summed E-state index contributed by atoms with van der Waals surface area (Å²) in [6.45, 7) is 3.86. The van der Waals surface area contributed by atoms with Crippen LogP contribution in [0.3, 0.4) is 0 Å². The SMILES string of the molecule is Cc1[nH]c2ccccc2c1C(=O)CN1CCCC(c2nc(-c3ccc(F)cc3)no2)C1. The smallest absolute Gasteiger partial charge is 0.231 e. The molecule has 0 saturated carbocycles. The summed E-state index contributed by atoms with van der Waals surface area (Å²) in [6, 6.07) is 13.9. The Morgan fingerprint density at radius 1 is 1.23 bits per heavy atom. The molecule has 2 aromatic heterocycles. The third-order valence-corrected chi connectivity index (χ3v) is 5.94. The average molecular weight is 418 g/mol. The number of benzene rings is 2. The van der Waals surface area contributed by atoms with Crippen LogP contribution in [-0.2, 0) is 0 Å². The van der Waals surface area contributed by atoms with Gasteiger partial charge in [-0.3, -0.25) is 9.69 Å². The molecule has 7 heteroatoms. The highest BCUT2D eigenvalue weighted by molar-refractivity contribution is 6.10. The zero-order chi connectivity index (χ0) is 21.4. The van der Waals surface area contributed by atoms with E-state index in [0.29, 0.717) is 30.4 Å². The number of ketones is 1. The highest BCUT2D eigenvalue weighted by Gasteiger charge is 2.28. The zero-order valence-electron chi connectivity index (χ0n) is 17.3. The predicted molar refractivity (Wildman–Crippen MR) is 115 cm³/mol. The third kappa shape index (κ3) is 3.88. The number of H-pyrrole nitrogens is 1. The van der Waals surface area contributed by atoms with Crippen LogP contribution in [0.4, 0.5) is 4.39 Å². The average Bonchev–Trinajstić information content (AvgIpc) is 3.38. The van der Waals surface area contributed by atoms with Gasteiger partial charge in [0.25, 0.3) is 0 Å². The van der Waals surface area contributed by atoms with Gasteiger partial charge in [-0.15, -0.1) is 0 Å². The first-order chi connectivity index (χ1) is 15.1. The van der Waals surface area contributed by atoms with Crippen LogP contribution >= 0.6 is 0 Å². The van der Waals surface area contributed by atoms with Crippen LogP contribution in [0.5, 0.6) is 0 Å². The Morgan fingerprint density at radius 3 is 2.87 bits per heavy atom. The first kappa shape index (κ1) is 19.6. The number of Topliss-reactive ketones (excluding diaryl/α,β-unsaturated/α-hetero) is 1. The largest absolute Gasteiger partial charge is 0.358 e. The summed E-state index contributed by atoms with van der Waals surface area (Å²) in [7, 11) is 0. The molecule has 1 aliphatic rings. The molecule has 158 valence electrons. The molecule has 0 amide bonds. The van der Waals surface area contributed by atoms with E-state index in [-0.39, 0.29) is 17.5 Å². The number of carbonyl (C=O) groups excluding carboxylic acids is 1. The van der Waals surface area contributed by atoms with E-state index in [0.717, 1.165) is 41.5 Å². The Bertz CT molecular complexity index is 1230. The number of fused-ring (bicyclic) bond motifs is 1. The molecule has 1 aliphatic heterocycles. The standard InChI is InChI=1S/C24H23FN4O2/c1-15-22(19-6-2-3-7-20(19)26-15)21(30)14-29-12-4-5-17(13-29)24-27-23(28-31-24)16-8-10-18(25)11-9-16/h2-3,6-11,17,26H,4-5,12-14H2,1H3. The molecule has 0 radical (unpaired) electrons. The van der Waals surface area contributed by atoms with Crippen molar-refractivity contribution in [3.8, 4) is 11.4 Å². The molecule has 4 aromatic rings. The van der Waals surface area contributed by atoms with E-state index in [2.05, 4.69) is 20.0 Å². The molecule has 1 saturated heterocycles. The van der Waals surface area contributed by atoms with E-state index in [9.17, 15) is 9.18 Å². The van der Waals surface area contributed by atoms with Gasteiger partial charge in [-0.05, 0) is 56.6 Å². The Morgan fingerprint density at radius 2 is 2.03 bits per heavy atom. The van der Waals surface area contributed by atoms with Gasteiger partial charge in [-0.1, -0.05) is 23.4 Å². The molecule has 0 aliphatic carbocycles. The molecule has 31 heavy (non-hydrogen) atoms. The van der Waals surface area contributed by atoms with Crippen molar-refractivity contribution in [2.24, 2.45) is 0 Å². The summed E-state index contributed by atoms with van der Waals surface area (Å²) < 4.78 is 18.7. The predicted octanol–water partition coefficient (Wildman–Crippen LogP) is 4.73. The molecule has 1 N–H and O–H groups in total. The number of nitrogens with zero attached hydrogens (tertiary/aromatic N) is 3. The van der Waals surface area contributed by atoms with Crippen molar-refractivity contribution in [2.45, 2.75) is 25.7 Å². The molecule has 0 spiro atoms. The van der Waals surface area contributed by atoms with E-state index in [1.54, 1.807) is 12.1 Å². The third-order valence-electron chi connectivity index (χ3n) is 5.94. The number of halogens is 1. The number of carbonyl (C=O) groups is 1. The van der Waals surface area contributed by atoms with Crippen LogP contribution in [0.25, 0.3) is 22.3 Å². The Balaban J connectivity index is 1.30. The van der Waals surface area contributed by atoms with Crippen molar-refractivity contribution in [3.05, 3.63) is 71.5 Å². The van der Waals surface area contributed by atoms with E-state index in [1.165, 1.54) is 12.1 Å². The van der Waals surface area contributed by atoms with Gasteiger partial charge in [0.15, 0.2) is 5.78 Å². The Kier molecular flexibility index (Phi) is 5.11. The minimum absolute atomic E-state index is 0.0762. The number of piperidine rings is 1. The minimum Gasteiger partial charge on any atom is -0.358 e. The normalized spacial score (nSPS) is 17.3. The molecule has 2 aromatic carbocycles. The summed E-state index contributed by atoms with van der Waals surface area (Å²) >= 11 is 0. The van der Waals surface area contributed by atoms with Gasteiger partial charge in [0, 0.05) is 34.3 Å². The fraction of sp³-hybridized carbons (Fsp3) is 0.292. The van der Waals surface area contributed by atoms with Gasteiger partial charge in [0.2, 0.25) is 11.7 Å². The lowest BCUT2D eigenvalue weighted by atomic mass is 9.97. The number of aryl methyl sites for hydroxylation is 1. The molecule has 1 unspecified atom stereocenters. The number of rotatable bonds is 5. The molecule has 5 rings (SSSR count). The first-order valence-corrected chi connectivity index (χ1v) is 10.5. The second kappa shape index (κ2) is 8.07. The Labute approximate surface area is 179 Å². The topological polar surface area (TPSA) is 75.0 Å². The Hall–Kier alpha value is -3.32. The lowest BCUT2D eigenvalue weighted by molar-refractivity contribution is 0.0900. The van der Waals surface area contributed by atoms with Crippen molar-refractivity contribution in [2.75, 3.05) is 19.6 Å². The number of hydrogen-bond acceptors (Lipinski definition) is 5. The second-order valence-corrected chi connectivity index (χ2v) is 8.13. The first-order valence-electron chi connectivity index (χ1n) is 10.5. The second-order valence-electron chi connectivity index (χ2n) is 8.13. The maximum Gasteiger partial charge on any atom is 0.231 e. The highest BCUT2D eigenvalue weighted by atomic mass is 19.1. The summed E-state index contributed by atoms with van der Waals surface area (Å²) in [5.41, 5.74) is 3.38. The molecule has 3 heterocycles. The van der Waals surface area contributed by atoms with Crippen molar-refractivity contribution in [1.82, 2.24) is 20.0 Å². The molecule has 6 nitrogen and oxygen atoms in total. The van der Waals surface area contributed by atoms with E-state index >= 15 is 0 Å². The molecule has 1 atom stereocenters. The van der Waals surface area contributed by atoms with Crippen molar-refractivity contribution >= 4 is 16.7 Å². The monoisotopic (exact) mass is 418 g/mol. The van der Waals surface area contributed by atoms with E-state index < -0.39 is 0 Å². The van der Waals surface area contributed by atoms with Gasteiger partial charge >= 0.3 is 0 Å². The molecular formula is C24H23FN4O2. The number of para-hydroxylation sites is 1. The fourth-order valence-corrected chi connectivity index (χ4v) is 4.44. The van der Waals surface area contributed by atoms with Crippen LogP contribution in [0.2, 0.25) is 0 Å². The quantitative estimate of drug-likeness (QED) is 0.475. The maximum absolute atomic E-state index is 13.2. The maximum atomic E-state index is 13.2. The number of hydrogen-bond donors (Lipinski definition) is 1. The number of likely N-dealkylation sites (tertiary alicyclic amines) is 1. The summed E-state index contributed by atoms with van der Waals surface area (Å²) in [6.07, 6.45) is 1.89. The lowest BCUT2D eigenvalue weighted by Gasteiger charge is -2.30. The van der Waals surface area contributed by atoms with Crippen LogP contribution in [-0.4, -0.2) is 45.4 Å². The van der Waals surface area contributed by atoms with Crippen LogP contribution in [0.15, 0.2) is 53.1 Å². The number of nitrogens with one attached hydrogen (secondary N) is 1. The molecule has 1 fully saturated rings. The number of aromatic amines is 1. The summed E-state index contributed by atoms with van der Waals surface area (Å²) in [5.74, 6) is 0.920. The van der Waals surface area contributed by atoms with Crippen molar-refractivity contribution in [3.63, 3.8) is 0 Å². The van der Waals surface area contributed by atoms with Gasteiger partial charge in [-0.25, -0.2) is 4.39 Å². The fourth-order valence-electron chi connectivity index (χ4n) is 4.44. The number of aromatic nitrogens is 3. The summed E-state index contributed by atoms with van der Waals surface area (Å²) in [4.78, 5) is 23.1. The van der Waals surface area contributed by atoms with E-state index in [4.69, 9.17) is 4.52 Å². The van der Waals surface area contributed by atoms with Crippen LogP contribution < -0.4 is 0 Å². The van der Waals surface area contributed by atoms with Crippen LogP contribution in [0, 0.1) is 12.7 Å². The minimum atomic E-state index is -0.300. The van der Waals surface area contributed by atoms with Crippen LogP contribution in [0.1, 0.15) is 40.7 Å². The van der Waals surface area contributed by atoms with Crippen molar-refractivity contribution < 1.29 is 13.7 Å². The van der Waals surface area contributed by atoms with Gasteiger partial charge in [0.05, 0.1) is 12.5 Å². The van der Waals surface area contributed by atoms with Gasteiger partial charge in [0.1, 0.15) is 5.82 Å². The molecule has 0 bridgehead atoms. The van der Waals surface area contributed by atoms with Gasteiger partial charge < -0.3 is 9.51 Å².